The van der Waals surface area contributed by atoms with Crippen LogP contribution in [0.15, 0.2) is 30.2 Å². The van der Waals surface area contributed by atoms with Crippen LogP contribution in [-0.2, 0) is 26.3 Å². The Morgan fingerprint density at radius 2 is 2.08 bits per heavy atom. The molecular formula is C16H18N3O4S2+. The van der Waals surface area contributed by atoms with Gasteiger partial charge in [0, 0.05) is 30.4 Å². The lowest BCUT2D eigenvalue weighted by Crippen LogP contribution is -2.63. The number of hydroxylamine groups is 1. The molecule has 1 unspecified atom stereocenters. The highest BCUT2D eigenvalue weighted by Gasteiger charge is 2.53. The van der Waals surface area contributed by atoms with Crippen molar-refractivity contribution in [1.29, 1.82) is 0 Å². The molecule has 2 aliphatic rings. The largest absolute Gasteiger partial charge is 0.379 e. The Kier molecular flexibility index (Phi) is 5.05. The van der Waals surface area contributed by atoms with Gasteiger partial charge in [0.05, 0.1) is 0 Å². The van der Waals surface area contributed by atoms with E-state index >= 15 is 0 Å². The molecule has 3 heterocycles. The summed E-state index contributed by atoms with van der Waals surface area (Å²) in [6, 6.07) is 3.77. The van der Waals surface area contributed by atoms with Crippen molar-refractivity contribution in [2.75, 3.05) is 12.0 Å². The minimum atomic E-state index is -0.725. The molecule has 0 spiro atoms. The van der Waals surface area contributed by atoms with Crippen molar-refractivity contribution >= 4 is 46.9 Å². The molecule has 0 saturated carbocycles. The molecule has 2 atom stereocenters. The molecule has 1 N–H and O–H groups in total. The number of nitrogens with one attached hydrogen (secondary N) is 1. The van der Waals surface area contributed by atoms with Gasteiger partial charge in [-0.05, 0) is 11.8 Å². The Hall–Kier alpha value is -2.00. The maximum absolute atomic E-state index is 12.6. The summed E-state index contributed by atoms with van der Waals surface area (Å²) in [5.41, 5.74) is 3.83. The fraction of sp³-hybridized carbons (Fsp3) is 0.375. The number of rotatable bonds is 3. The maximum atomic E-state index is 12.6. The SMILES string of the molecule is CSC1C(=O)N2C(C(=O)ONC(C)=O)=C(c3cc[n+](C)cc3)CS[C@@H]12. The molecule has 0 aliphatic carbocycles. The minimum absolute atomic E-state index is 0.0917. The summed E-state index contributed by atoms with van der Waals surface area (Å²) in [6.07, 6.45) is 5.63. The lowest BCUT2D eigenvalue weighted by atomic mass is 10.0. The number of thioether (sulfide) groups is 2. The summed E-state index contributed by atoms with van der Waals surface area (Å²) in [5, 5.41) is -0.255. The molecule has 1 aromatic heterocycles. The lowest BCUT2D eigenvalue weighted by molar-refractivity contribution is -0.671. The van der Waals surface area contributed by atoms with Crippen molar-refractivity contribution in [3.8, 4) is 0 Å². The fourth-order valence-corrected chi connectivity index (χ4v) is 5.28. The zero-order valence-corrected chi connectivity index (χ0v) is 15.6. The van der Waals surface area contributed by atoms with E-state index in [0.717, 1.165) is 11.1 Å². The fourth-order valence-electron chi connectivity index (χ4n) is 2.75. The molecule has 0 bridgehead atoms. The van der Waals surface area contributed by atoms with Gasteiger partial charge in [0.1, 0.15) is 23.4 Å². The van der Waals surface area contributed by atoms with Crippen molar-refractivity contribution in [1.82, 2.24) is 10.4 Å². The third-order valence-corrected chi connectivity index (χ3v) is 6.40. The van der Waals surface area contributed by atoms with Crippen molar-refractivity contribution in [3.63, 3.8) is 0 Å². The number of pyridine rings is 1. The minimum Gasteiger partial charge on any atom is -0.334 e. The van der Waals surface area contributed by atoms with Gasteiger partial charge in [-0.1, -0.05) is 0 Å². The van der Waals surface area contributed by atoms with Gasteiger partial charge >= 0.3 is 5.97 Å². The summed E-state index contributed by atoms with van der Waals surface area (Å²) in [4.78, 5) is 42.5. The summed E-state index contributed by atoms with van der Waals surface area (Å²) in [7, 11) is 1.90. The number of carbonyl (C=O) groups excluding carboxylic acids is 3. The average Bonchev–Trinajstić information content (AvgIpc) is 2.59. The van der Waals surface area contributed by atoms with Crippen LogP contribution in [0.2, 0.25) is 0 Å². The molecular weight excluding hydrogens is 362 g/mol. The predicted octanol–water partition coefficient (Wildman–Crippen LogP) is 0.463. The van der Waals surface area contributed by atoms with Crippen LogP contribution in [0.5, 0.6) is 0 Å². The number of hydrogen-bond donors (Lipinski definition) is 1. The van der Waals surface area contributed by atoms with Crippen LogP contribution in [0.1, 0.15) is 12.5 Å². The molecule has 3 rings (SSSR count). The summed E-state index contributed by atoms with van der Waals surface area (Å²) in [5.74, 6) is -0.736. The molecule has 1 saturated heterocycles. The zero-order valence-electron chi connectivity index (χ0n) is 14.0. The van der Waals surface area contributed by atoms with Gasteiger partial charge in [0.25, 0.3) is 0 Å². The van der Waals surface area contributed by atoms with E-state index in [-0.39, 0.29) is 22.2 Å². The second kappa shape index (κ2) is 7.09. The van der Waals surface area contributed by atoms with Crippen LogP contribution >= 0.6 is 23.5 Å². The van der Waals surface area contributed by atoms with Crippen LogP contribution in [0.25, 0.3) is 5.57 Å². The van der Waals surface area contributed by atoms with Gasteiger partial charge in [-0.3, -0.25) is 14.5 Å². The van der Waals surface area contributed by atoms with Crippen LogP contribution in [0, 0.1) is 0 Å². The van der Waals surface area contributed by atoms with Gasteiger partial charge < -0.3 is 4.84 Å². The quantitative estimate of drug-likeness (QED) is 0.466. The van der Waals surface area contributed by atoms with E-state index in [1.165, 1.54) is 23.6 Å². The molecule has 0 aromatic carbocycles. The Labute approximate surface area is 153 Å². The number of aromatic nitrogens is 1. The standard InChI is InChI=1S/C16H17N3O4S2/c1-9(20)17-23-16(22)12-11(10-4-6-18(2)7-5-10)8-25-15-13(24-3)14(21)19(12)15/h4-7,13,15H,8H2,1-3H3/p+1/t13?,15-/m0/s1. The molecule has 1 fully saturated rings. The zero-order chi connectivity index (χ0) is 18.1. The van der Waals surface area contributed by atoms with Crippen molar-refractivity contribution in [3.05, 3.63) is 35.8 Å². The highest BCUT2D eigenvalue weighted by molar-refractivity contribution is 8.04. The molecule has 7 nitrogen and oxygen atoms in total. The van der Waals surface area contributed by atoms with E-state index in [9.17, 15) is 14.4 Å². The van der Waals surface area contributed by atoms with E-state index in [1.807, 2.05) is 47.9 Å². The Morgan fingerprint density at radius 3 is 2.68 bits per heavy atom. The maximum Gasteiger partial charge on any atom is 0.379 e. The first-order valence-electron chi connectivity index (χ1n) is 7.58. The monoisotopic (exact) mass is 380 g/mol. The third-order valence-electron chi connectivity index (χ3n) is 3.98. The smallest absolute Gasteiger partial charge is 0.334 e. The van der Waals surface area contributed by atoms with Gasteiger partial charge in [-0.2, -0.15) is 5.48 Å². The van der Waals surface area contributed by atoms with E-state index in [4.69, 9.17) is 4.84 Å². The number of nitrogens with zero attached hydrogens (tertiary/aromatic N) is 2. The highest BCUT2D eigenvalue weighted by Crippen LogP contribution is 2.46. The normalized spacial score (nSPS) is 22.2. The first-order valence-corrected chi connectivity index (χ1v) is 9.91. The Bertz CT molecular complexity index is 763. The van der Waals surface area contributed by atoms with Crippen LogP contribution in [-0.4, -0.2) is 45.3 Å². The van der Waals surface area contributed by atoms with E-state index in [2.05, 4.69) is 0 Å². The molecule has 0 radical (unpaired) electrons. The molecule has 9 heteroatoms. The topological polar surface area (TPSA) is 79.6 Å². The number of amides is 2. The number of fused-ring (bicyclic) bond motifs is 1. The number of hydrogen-bond acceptors (Lipinski definition) is 6. The summed E-state index contributed by atoms with van der Waals surface area (Å²) in [6.45, 7) is 1.25. The van der Waals surface area contributed by atoms with Crippen LogP contribution < -0.4 is 10.0 Å². The van der Waals surface area contributed by atoms with Crippen molar-refractivity contribution in [2.24, 2.45) is 7.05 Å². The van der Waals surface area contributed by atoms with Gasteiger partial charge in [0.15, 0.2) is 12.4 Å². The van der Waals surface area contributed by atoms with Crippen LogP contribution in [0.3, 0.4) is 0 Å². The molecule has 2 amide bonds. The summed E-state index contributed by atoms with van der Waals surface area (Å²) >= 11 is 3.10. The van der Waals surface area contributed by atoms with Crippen molar-refractivity contribution in [2.45, 2.75) is 17.5 Å². The van der Waals surface area contributed by atoms with E-state index in [1.54, 1.807) is 11.8 Å². The first kappa shape index (κ1) is 17.8. The highest BCUT2D eigenvalue weighted by atomic mass is 32.2. The van der Waals surface area contributed by atoms with E-state index < -0.39 is 11.9 Å². The molecule has 2 aliphatic heterocycles. The third kappa shape index (κ3) is 3.25. The van der Waals surface area contributed by atoms with Gasteiger partial charge in [0.2, 0.25) is 11.8 Å². The number of β-lactam (4-membered cyclic amide) rings is 1. The van der Waals surface area contributed by atoms with Crippen LogP contribution in [0.4, 0.5) is 0 Å². The number of aryl methyl sites for hydroxylation is 1. The lowest BCUT2D eigenvalue weighted by Gasteiger charge is -2.49. The Balaban J connectivity index is 2.00. The molecule has 25 heavy (non-hydrogen) atoms. The van der Waals surface area contributed by atoms with Gasteiger partial charge in [-0.15, -0.1) is 23.5 Å². The predicted molar refractivity (Wildman–Crippen MR) is 94.8 cm³/mol. The second-order valence-corrected chi connectivity index (χ2v) is 7.78. The molecule has 132 valence electrons. The average molecular weight is 380 g/mol. The van der Waals surface area contributed by atoms with E-state index in [0.29, 0.717) is 5.75 Å². The Morgan fingerprint density at radius 1 is 1.40 bits per heavy atom. The van der Waals surface area contributed by atoms with Gasteiger partial charge in [-0.25, -0.2) is 9.36 Å². The van der Waals surface area contributed by atoms with Crippen molar-refractivity contribution < 1.29 is 23.8 Å². The number of carbonyl (C=O) groups is 3. The summed E-state index contributed by atoms with van der Waals surface area (Å²) < 4.78 is 1.89. The first-order chi connectivity index (χ1) is 11.9. The second-order valence-electron chi connectivity index (χ2n) is 5.69. The molecule has 1 aromatic rings.